The molecule has 2 aromatic rings. The topological polar surface area (TPSA) is 30.7 Å². The lowest BCUT2D eigenvalue weighted by Gasteiger charge is -2.02. The number of pyridine rings is 1. The first-order valence-corrected chi connectivity index (χ1v) is 5.67. The van der Waals surface area contributed by atoms with E-state index < -0.39 is 0 Å². The Morgan fingerprint density at radius 2 is 2.07 bits per heavy atom. The van der Waals surface area contributed by atoms with Crippen molar-refractivity contribution in [2.45, 2.75) is 0 Å². The van der Waals surface area contributed by atoms with Crippen molar-refractivity contribution in [2.75, 3.05) is 0 Å². The SMILES string of the molecule is Clc1cccnc1-n1nc(Br)cc1Br.[MgH2]. The van der Waals surface area contributed by atoms with E-state index in [1.165, 1.54) is 0 Å². The number of aromatic nitrogens is 3. The molecule has 0 radical (unpaired) electrons. The third-order valence-corrected chi connectivity index (χ3v) is 2.82. The van der Waals surface area contributed by atoms with E-state index in [9.17, 15) is 0 Å². The third kappa shape index (κ3) is 2.94. The second-order valence-electron chi connectivity index (χ2n) is 2.51. The van der Waals surface area contributed by atoms with Crippen LogP contribution in [0.3, 0.4) is 0 Å². The van der Waals surface area contributed by atoms with Gasteiger partial charge in [0.25, 0.3) is 0 Å². The maximum Gasteiger partial charge on any atom is 0.316 e. The van der Waals surface area contributed by atoms with Crippen LogP contribution in [0.15, 0.2) is 33.6 Å². The predicted molar refractivity (Wildman–Crippen MR) is 70.3 cm³/mol. The highest BCUT2D eigenvalue weighted by Gasteiger charge is 2.09. The summed E-state index contributed by atoms with van der Waals surface area (Å²) >= 11 is 12.6. The summed E-state index contributed by atoms with van der Waals surface area (Å²) in [7, 11) is 0. The Hall–Kier alpha value is 0.376. The molecule has 0 unspecified atom stereocenters. The van der Waals surface area contributed by atoms with E-state index in [1.54, 1.807) is 23.0 Å². The predicted octanol–water partition coefficient (Wildman–Crippen LogP) is 2.53. The molecule has 7 heteroatoms. The van der Waals surface area contributed by atoms with Crippen molar-refractivity contribution in [3.63, 3.8) is 0 Å². The lowest BCUT2D eigenvalue weighted by atomic mass is 10.4. The van der Waals surface area contributed by atoms with Gasteiger partial charge in [-0.05, 0) is 44.0 Å². The summed E-state index contributed by atoms with van der Waals surface area (Å²) < 4.78 is 3.14. The average Bonchev–Trinajstić information content (AvgIpc) is 2.46. The van der Waals surface area contributed by atoms with Crippen LogP contribution in [-0.4, -0.2) is 37.8 Å². The van der Waals surface area contributed by atoms with Crippen LogP contribution < -0.4 is 0 Å². The molecule has 0 saturated carbocycles. The minimum atomic E-state index is 0. The molecule has 0 aliphatic rings. The second-order valence-corrected chi connectivity index (χ2v) is 4.54. The van der Waals surface area contributed by atoms with Crippen molar-refractivity contribution in [2.24, 2.45) is 0 Å². The van der Waals surface area contributed by atoms with Gasteiger partial charge in [-0.1, -0.05) is 11.6 Å². The smallest absolute Gasteiger partial charge is 0.236 e. The fourth-order valence-corrected chi connectivity index (χ4v) is 2.36. The molecule has 15 heavy (non-hydrogen) atoms. The van der Waals surface area contributed by atoms with Crippen molar-refractivity contribution in [1.29, 1.82) is 0 Å². The minimum absolute atomic E-state index is 0. The highest BCUT2D eigenvalue weighted by Crippen LogP contribution is 2.23. The van der Waals surface area contributed by atoms with E-state index in [1.807, 2.05) is 6.07 Å². The van der Waals surface area contributed by atoms with Gasteiger partial charge in [0.05, 0.1) is 5.02 Å². The Morgan fingerprint density at radius 1 is 1.33 bits per heavy atom. The molecular weight excluding hydrogens is 358 g/mol. The van der Waals surface area contributed by atoms with Gasteiger partial charge in [0.2, 0.25) is 0 Å². The Balaban J connectivity index is 0.00000112. The van der Waals surface area contributed by atoms with E-state index >= 15 is 0 Å². The zero-order valence-corrected chi connectivity index (χ0v) is 10.7. The van der Waals surface area contributed by atoms with Crippen LogP contribution in [0, 0.1) is 0 Å². The highest BCUT2D eigenvalue weighted by atomic mass is 79.9. The Bertz CT molecular complexity index is 475. The Labute approximate surface area is 125 Å². The van der Waals surface area contributed by atoms with E-state index in [2.05, 4.69) is 41.9 Å². The quantitative estimate of drug-likeness (QED) is 0.729. The van der Waals surface area contributed by atoms with Crippen LogP contribution in [0.1, 0.15) is 0 Å². The Morgan fingerprint density at radius 3 is 2.60 bits per heavy atom. The molecular formula is C8H6Br2ClMgN3. The summed E-state index contributed by atoms with van der Waals surface area (Å²) in [5, 5.41) is 4.74. The van der Waals surface area contributed by atoms with Gasteiger partial charge in [-0.15, -0.1) is 0 Å². The molecule has 0 atom stereocenters. The lowest BCUT2D eigenvalue weighted by Crippen LogP contribution is -2.00. The average molecular weight is 364 g/mol. The molecule has 0 aromatic carbocycles. The molecule has 0 amide bonds. The molecule has 0 aliphatic heterocycles. The third-order valence-electron chi connectivity index (χ3n) is 1.58. The van der Waals surface area contributed by atoms with Crippen LogP contribution in [-0.2, 0) is 0 Å². The van der Waals surface area contributed by atoms with E-state index in [-0.39, 0.29) is 23.1 Å². The summed E-state index contributed by atoms with van der Waals surface area (Å²) in [6.07, 6.45) is 1.67. The number of halogens is 3. The van der Waals surface area contributed by atoms with Crippen molar-refractivity contribution in [1.82, 2.24) is 14.8 Å². The summed E-state index contributed by atoms with van der Waals surface area (Å²) in [6.45, 7) is 0. The summed E-state index contributed by atoms with van der Waals surface area (Å²) in [6, 6.07) is 5.37. The molecule has 0 fully saturated rings. The molecule has 2 aromatic heterocycles. The van der Waals surface area contributed by atoms with Crippen LogP contribution >= 0.6 is 43.5 Å². The molecule has 0 saturated heterocycles. The number of rotatable bonds is 1. The first-order chi connectivity index (χ1) is 6.68. The second kappa shape index (κ2) is 5.63. The van der Waals surface area contributed by atoms with Gasteiger partial charge >= 0.3 is 23.1 Å². The fraction of sp³-hybridized carbons (Fsp3) is 0. The van der Waals surface area contributed by atoms with Crippen LogP contribution in [0.4, 0.5) is 0 Å². The normalized spacial score (nSPS) is 9.80. The van der Waals surface area contributed by atoms with Gasteiger partial charge < -0.3 is 0 Å². The maximum atomic E-state index is 5.98. The zero-order valence-electron chi connectivity index (χ0n) is 6.78. The monoisotopic (exact) mass is 361 g/mol. The molecule has 0 bridgehead atoms. The number of nitrogens with zero attached hydrogens (tertiary/aromatic N) is 3. The van der Waals surface area contributed by atoms with Gasteiger partial charge in [0.1, 0.15) is 9.21 Å². The summed E-state index contributed by atoms with van der Waals surface area (Å²) in [5.74, 6) is 0.603. The Kier molecular flexibility index (Phi) is 5.04. The van der Waals surface area contributed by atoms with Crippen LogP contribution in [0.25, 0.3) is 5.82 Å². The van der Waals surface area contributed by atoms with Crippen molar-refractivity contribution in [3.05, 3.63) is 38.6 Å². The van der Waals surface area contributed by atoms with E-state index in [4.69, 9.17) is 11.6 Å². The van der Waals surface area contributed by atoms with Gasteiger partial charge in [0.15, 0.2) is 5.82 Å². The van der Waals surface area contributed by atoms with Crippen molar-refractivity contribution in [3.8, 4) is 5.82 Å². The molecule has 3 nitrogen and oxygen atoms in total. The molecule has 2 heterocycles. The van der Waals surface area contributed by atoms with E-state index in [0.29, 0.717) is 10.8 Å². The number of hydrogen-bond donors (Lipinski definition) is 0. The van der Waals surface area contributed by atoms with Crippen LogP contribution in [0.5, 0.6) is 0 Å². The molecule has 76 valence electrons. The van der Waals surface area contributed by atoms with Crippen LogP contribution in [0.2, 0.25) is 5.02 Å². The summed E-state index contributed by atoms with van der Waals surface area (Å²) in [4.78, 5) is 4.14. The van der Waals surface area contributed by atoms with Gasteiger partial charge in [-0.2, -0.15) is 5.10 Å². The standard InChI is InChI=1S/C8H4Br2ClN3.Mg.2H/c9-6-4-7(10)14(13-6)8-5(11)2-1-3-12-8;;;/h1-4H;;;. The van der Waals surface area contributed by atoms with Crippen molar-refractivity contribution >= 4 is 66.5 Å². The number of hydrogen-bond acceptors (Lipinski definition) is 2. The van der Waals surface area contributed by atoms with Gasteiger partial charge in [-0.3, -0.25) is 0 Å². The minimum Gasteiger partial charge on any atom is -0.236 e. The van der Waals surface area contributed by atoms with Gasteiger partial charge in [-0.25, -0.2) is 9.67 Å². The lowest BCUT2D eigenvalue weighted by molar-refractivity contribution is 0.822. The molecule has 0 N–H and O–H groups in total. The molecule has 0 aliphatic carbocycles. The highest BCUT2D eigenvalue weighted by molar-refractivity contribution is 9.11. The van der Waals surface area contributed by atoms with E-state index in [0.717, 1.165) is 9.21 Å². The zero-order chi connectivity index (χ0) is 10.1. The first-order valence-electron chi connectivity index (χ1n) is 3.70. The maximum absolute atomic E-state index is 5.98. The molecule has 0 spiro atoms. The van der Waals surface area contributed by atoms with Gasteiger partial charge in [0, 0.05) is 12.3 Å². The first kappa shape index (κ1) is 13.4. The fourth-order valence-electron chi connectivity index (χ4n) is 1.01. The largest absolute Gasteiger partial charge is 0.316 e. The van der Waals surface area contributed by atoms with Crippen molar-refractivity contribution < 1.29 is 0 Å². The molecule has 2 rings (SSSR count). The summed E-state index contributed by atoms with van der Waals surface area (Å²) in [5.41, 5.74) is 0.